The van der Waals surface area contributed by atoms with Crippen molar-refractivity contribution in [3.8, 4) is 0 Å². The second-order valence-corrected chi connectivity index (χ2v) is 7.42. The maximum absolute atomic E-state index is 12.9. The van der Waals surface area contributed by atoms with Crippen molar-refractivity contribution in [2.75, 3.05) is 22.9 Å². The number of aliphatic hydroxyl groups excluding tert-OH is 1. The Balaban J connectivity index is 1.61. The Morgan fingerprint density at radius 3 is 2.62 bits per heavy atom. The first kappa shape index (κ1) is 19.5. The van der Waals surface area contributed by atoms with Crippen molar-refractivity contribution in [1.29, 1.82) is 0 Å². The minimum absolute atomic E-state index is 0.0407. The summed E-state index contributed by atoms with van der Waals surface area (Å²) in [5.41, 5.74) is 0.780. The second kappa shape index (κ2) is 7.22. The zero-order valence-electron chi connectivity index (χ0n) is 15.7. The highest BCUT2D eigenvalue weighted by molar-refractivity contribution is 5.81. The van der Waals surface area contributed by atoms with E-state index < -0.39 is 23.8 Å². The van der Waals surface area contributed by atoms with Crippen molar-refractivity contribution in [3.63, 3.8) is 0 Å². The topological polar surface area (TPSA) is 68.7 Å². The summed E-state index contributed by atoms with van der Waals surface area (Å²) in [5.74, 6) is 0.313. The number of aliphatic hydroxyl groups is 1. The molecule has 1 unspecified atom stereocenters. The predicted molar refractivity (Wildman–Crippen MR) is 102 cm³/mol. The van der Waals surface area contributed by atoms with Crippen LogP contribution in [0.4, 0.5) is 30.4 Å². The van der Waals surface area contributed by atoms with Crippen LogP contribution in [0.3, 0.4) is 0 Å². The van der Waals surface area contributed by atoms with Gasteiger partial charge in [0.1, 0.15) is 6.10 Å². The van der Waals surface area contributed by atoms with Gasteiger partial charge in [-0.05, 0) is 49.7 Å². The number of pyridine rings is 1. The summed E-state index contributed by atoms with van der Waals surface area (Å²) in [6.07, 6.45) is -3.13. The number of halogens is 3. The Labute approximate surface area is 166 Å². The third-order valence-electron chi connectivity index (χ3n) is 5.37. The number of rotatable bonds is 3. The molecule has 1 fully saturated rings. The first-order valence-electron chi connectivity index (χ1n) is 9.39. The number of nitrogens with zero attached hydrogens (tertiary/aromatic N) is 3. The monoisotopic (exact) mass is 406 g/mol. The SMILES string of the molecule is CC(O)C(=O)N[C@@H]1C[C@@H]2CN(c3ccc(C(F)(F)F)cc3)c3cccnc3N2C1. The number of anilines is 3. The molecule has 0 aliphatic carbocycles. The molecule has 1 saturated heterocycles. The molecule has 9 heteroatoms. The van der Waals surface area contributed by atoms with Gasteiger partial charge >= 0.3 is 6.18 Å². The lowest BCUT2D eigenvalue weighted by Crippen LogP contribution is -2.44. The molecule has 2 aliphatic heterocycles. The van der Waals surface area contributed by atoms with Gasteiger partial charge in [-0.2, -0.15) is 13.2 Å². The number of fused-ring (bicyclic) bond motifs is 3. The number of hydrogen-bond donors (Lipinski definition) is 2. The molecule has 29 heavy (non-hydrogen) atoms. The summed E-state index contributed by atoms with van der Waals surface area (Å²) in [6, 6.07) is 8.68. The van der Waals surface area contributed by atoms with Crippen molar-refractivity contribution in [1.82, 2.24) is 10.3 Å². The molecule has 2 aliphatic rings. The third kappa shape index (κ3) is 3.74. The van der Waals surface area contributed by atoms with Crippen LogP contribution < -0.4 is 15.1 Å². The Kier molecular flexibility index (Phi) is 4.85. The van der Waals surface area contributed by atoms with Crippen molar-refractivity contribution in [2.24, 2.45) is 0 Å². The number of nitrogens with one attached hydrogen (secondary N) is 1. The largest absolute Gasteiger partial charge is 0.416 e. The molecular weight excluding hydrogens is 385 g/mol. The highest BCUT2D eigenvalue weighted by Crippen LogP contribution is 2.42. The molecule has 4 rings (SSSR count). The van der Waals surface area contributed by atoms with Gasteiger partial charge in [0.2, 0.25) is 5.91 Å². The van der Waals surface area contributed by atoms with E-state index in [0.29, 0.717) is 25.2 Å². The van der Waals surface area contributed by atoms with Crippen LogP contribution in [0.15, 0.2) is 42.6 Å². The maximum Gasteiger partial charge on any atom is 0.416 e. The van der Waals surface area contributed by atoms with E-state index in [2.05, 4.69) is 15.2 Å². The molecule has 2 N–H and O–H groups in total. The third-order valence-corrected chi connectivity index (χ3v) is 5.37. The van der Waals surface area contributed by atoms with Crippen LogP contribution in [0.25, 0.3) is 0 Å². The molecule has 3 heterocycles. The van der Waals surface area contributed by atoms with Crippen LogP contribution in [0, 0.1) is 0 Å². The standard InChI is InChI=1S/C20H21F3N4O2/c1-12(28)19(29)25-14-9-16-11-26(15-6-4-13(5-7-15)20(21,22)23)17-3-2-8-24-18(17)27(16)10-14/h2-8,12,14,16,28H,9-11H2,1H3,(H,25,29)/t12?,14-,16-/m1/s1. The van der Waals surface area contributed by atoms with Gasteiger partial charge < -0.3 is 20.2 Å². The first-order valence-corrected chi connectivity index (χ1v) is 9.39. The van der Waals surface area contributed by atoms with Gasteiger partial charge in [0.05, 0.1) is 17.3 Å². The Morgan fingerprint density at radius 1 is 1.24 bits per heavy atom. The molecule has 3 atom stereocenters. The molecule has 0 bridgehead atoms. The molecule has 2 aromatic rings. The Bertz CT molecular complexity index is 901. The molecule has 0 spiro atoms. The molecule has 6 nitrogen and oxygen atoms in total. The molecule has 1 amide bonds. The fraction of sp³-hybridized carbons (Fsp3) is 0.400. The van der Waals surface area contributed by atoms with E-state index in [1.54, 1.807) is 12.3 Å². The van der Waals surface area contributed by atoms with Crippen molar-refractivity contribution in [2.45, 2.75) is 37.7 Å². The normalized spacial score (nSPS) is 22.1. The quantitative estimate of drug-likeness (QED) is 0.821. The van der Waals surface area contributed by atoms with Crippen LogP contribution in [0.5, 0.6) is 0 Å². The average Bonchev–Trinajstić information content (AvgIpc) is 3.09. The zero-order valence-corrected chi connectivity index (χ0v) is 15.7. The highest BCUT2D eigenvalue weighted by Gasteiger charge is 2.40. The number of aromatic nitrogens is 1. The summed E-state index contributed by atoms with van der Waals surface area (Å²) < 4.78 is 38.7. The molecule has 0 radical (unpaired) electrons. The lowest BCUT2D eigenvalue weighted by Gasteiger charge is -2.40. The average molecular weight is 406 g/mol. The van der Waals surface area contributed by atoms with E-state index in [1.807, 2.05) is 11.0 Å². The Morgan fingerprint density at radius 2 is 1.97 bits per heavy atom. The zero-order chi connectivity index (χ0) is 20.8. The first-order chi connectivity index (χ1) is 13.7. The van der Waals surface area contributed by atoms with Crippen LogP contribution in [0.1, 0.15) is 18.9 Å². The van der Waals surface area contributed by atoms with E-state index in [4.69, 9.17) is 0 Å². The summed E-state index contributed by atoms with van der Waals surface area (Å²) in [4.78, 5) is 20.4. The fourth-order valence-corrected chi connectivity index (χ4v) is 3.98. The van der Waals surface area contributed by atoms with Gasteiger partial charge in [0.15, 0.2) is 5.82 Å². The fourth-order valence-electron chi connectivity index (χ4n) is 3.98. The van der Waals surface area contributed by atoms with Crippen LogP contribution in [-0.4, -0.2) is 47.3 Å². The number of benzene rings is 1. The number of carbonyl (C=O) groups is 1. The van der Waals surface area contributed by atoms with E-state index >= 15 is 0 Å². The van der Waals surface area contributed by atoms with Gasteiger partial charge in [-0.25, -0.2) is 4.98 Å². The molecule has 1 aromatic heterocycles. The molecule has 154 valence electrons. The minimum atomic E-state index is -4.38. The maximum atomic E-state index is 12.9. The lowest BCUT2D eigenvalue weighted by molar-refractivity contribution is -0.137. The smallest absolute Gasteiger partial charge is 0.384 e. The lowest BCUT2D eigenvalue weighted by atomic mass is 10.1. The molecule has 1 aromatic carbocycles. The summed E-state index contributed by atoms with van der Waals surface area (Å²) in [5, 5.41) is 12.3. The number of alkyl halides is 3. The number of amides is 1. The van der Waals surface area contributed by atoms with Gasteiger partial charge in [-0.3, -0.25) is 4.79 Å². The summed E-state index contributed by atoms with van der Waals surface area (Å²) in [6.45, 7) is 2.54. The van der Waals surface area contributed by atoms with Gasteiger partial charge in [0, 0.05) is 31.0 Å². The molecular formula is C20H21F3N4O2. The van der Waals surface area contributed by atoms with Gasteiger partial charge in [0.25, 0.3) is 0 Å². The number of hydrogen-bond acceptors (Lipinski definition) is 5. The molecule has 0 saturated carbocycles. The minimum Gasteiger partial charge on any atom is -0.384 e. The van der Waals surface area contributed by atoms with Crippen molar-refractivity contribution in [3.05, 3.63) is 48.2 Å². The predicted octanol–water partition coefficient (Wildman–Crippen LogP) is 2.70. The van der Waals surface area contributed by atoms with E-state index in [1.165, 1.54) is 19.1 Å². The van der Waals surface area contributed by atoms with E-state index in [-0.39, 0.29) is 12.1 Å². The van der Waals surface area contributed by atoms with Crippen LogP contribution >= 0.6 is 0 Å². The van der Waals surface area contributed by atoms with Crippen LogP contribution in [-0.2, 0) is 11.0 Å². The summed E-state index contributed by atoms with van der Waals surface area (Å²) in [7, 11) is 0. The van der Waals surface area contributed by atoms with E-state index in [9.17, 15) is 23.1 Å². The van der Waals surface area contributed by atoms with Crippen molar-refractivity contribution >= 4 is 23.1 Å². The van der Waals surface area contributed by atoms with Gasteiger partial charge in [-0.1, -0.05) is 0 Å². The van der Waals surface area contributed by atoms with E-state index in [0.717, 1.165) is 23.6 Å². The summed E-state index contributed by atoms with van der Waals surface area (Å²) >= 11 is 0. The highest BCUT2D eigenvalue weighted by atomic mass is 19.4. The second-order valence-electron chi connectivity index (χ2n) is 7.42. The Hall–Kier alpha value is -2.81. The van der Waals surface area contributed by atoms with Gasteiger partial charge in [-0.15, -0.1) is 0 Å². The number of carbonyl (C=O) groups excluding carboxylic acids is 1. The van der Waals surface area contributed by atoms with Crippen molar-refractivity contribution < 1.29 is 23.1 Å². The van der Waals surface area contributed by atoms with Crippen LogP contribution in [0.2, 0.25) is 0 Å².